The Labute approximate surface area is 128 Å². The number of aliphatic hydroxyl groups is 1. The Hall–Kier alpha value is -2.66. The summed E-state index contributed by atoms with van der Waals surface area (Å²) in [6, 6.07) is 16.9. The quantitative estimate of drug-likeness (QED) is 0.781. The van der Waals surface area contributed by atoms with Crippen LogP contribution in [-0.2, 0) is 6.61 Å². The summed E-state index contributed by atoms with van der Waals surface area (Å²) in [6.45, 7) is 1.90. The van der Waals surface area contributed by atoms with Gasteiger partial charge in [0.15, 0.2) is 6.61 Å². The molecule has 3 aromatic rings. The zero-order chi connectivity index (χ0) is 15.4. The van der Waals surface area contributed by atoms with Crippen LogP contribution in [0.25, 0.3) is 11.4 Å². The Morgan fingerprint density at radius 3 is 2.73 bits per heavy atom. The van der Waals surface area contributed by atoms with Gasteiger partial charge in [-0.25, -0.2) is 0 Å². The fourth-order valence-electron chi connectivity index (χ4n) is 2.03. The van der Waals surface area contributed by atoms with Crippen molar-refractivity contribution in [3.05, 3.63) is 66.1 Å². The van der Waals surface area contributed by atoms with E-state index in [-0.39, 0.29) is 6.61 Å². The third-order valence-electron chi connectivity index (χ3n) is 3.20. The molecule has 0 aliphatic heterocycles. The van der Waals surface area contributed by atoms with Gasteiger partial charge in [-0.1, -0.05) is 47.6 Å². The van der Waals surface area contributed by atoms with Gasteiger partial charge in [0.25, 0.3) is 5.89 Å². The van der Waals surface area contributed by atoms with Crippen LogP contribution < -0.4 is 4.74 Å². The van der Waals surface area contributed by atoms with Gasteiger partial charge in [-0.15, -0.1) is 0 Å². The summed E-state index contributed by atoms with van der Waals surface area (Å²) in [6.07, 6.45) is -0.531. The molecule has 5 nitrogen and oxygen atoms in total. The number of rotatable bonds is 5. The van der Waals surface area contributed by atoms with Crippen molar-refractivity contribution in [2.24, 2.45) is 0 Å². The highest BCUT2D eigenvalue weighted by molar-refractivity contribution is 5.53. The molecule has 1 unspecified atom stereocenters. The monoisotopic (exact) mass is 296 g/mol. The van der Waals surface area contributed by atoms with E-state index in [0.29, 0.717) is 17.5 Å². The fraction of sp³-hybridized carbons (Fsp3) is 0.176. The summed E-state index contributed by atoms with van der Waals surface area (Å²) in [5, 5.41) is 13.5. The first-order valence-corrected chi connectivity index (χ1v) is 7.01. The standard InChI is InChI=1S/C17H16N2O3/c1-12(20)14-8-5-9-15(10-14)21-11-16-18-17(19-22-16)13-6-3-2-4-7-13/h2-10,12,20H,11H2,1H3. The molecule has 0 spiro atoms. The lowest BCUT2D eigenvalue weighted by Gasteiger charge is -2.07. The second kappa shape index (κ2) is 6.41. The van der Waals surface area contributed by atoms with Gasteiger partial charge in [0.2, 0.25) is 5.82 Å². The van der Waals surface area contributed by atoms with Crippen LogP contribution >= 0.6 is 0 Å². The third-order valence-corrected chi connectivity index (χ3v) is 3.20. The smallest absolute Gasteiger partial charge is 0.264 e. The molecule has 0 saturated carbocycles. The van der Waals surface area contributed by atoms with Gasteiger partial charge in [0, 0.05) is 5.56 Å². The van der Waals surface area contributed by atoms with Crippen LogP contribution in [0.2, 0.25) is 0 Å². The minimum absolute atomic E-state index is 0.184. The van der Waals surface area contributed by atoms with E-state index in [4.69, 9.17) is 9.26 Å². The third kappa shape index (κ3) is 3.32. The number of hydrogen-bond acceptors (Lipinski definition) is 5. The number of hydrogen-bond donors (Lipinski definition) is 1. The molecule has 0 fully saturated rings. The molecular weight excluding hydrogens is 280 g/mol. The molecule has 112 valence electrons. The van der Waals surface area contributed by atoms with Crippen molar-refractivity contribution in [3.8, 4) is 17.1 Å². The van der Waals surface area contributed by atoms with Crippen LogP contribution in [0.4, 0.5) is 0 Å². The van der Waals surface area contributed by atoms with E-state index < -0.39 is 6.10 Å². The highest BCUT2D eigenvalue weighted by Gasteiger charge is 2.09. The van der Waals surface area contributed by atoms with Crippen molar-refractivity contribution in [3.63, 3.8) is 0 Å². The van der Waals surface area contributed by atoms with E-state index in [2.05, 4.69) is 10.1 Å². The van der Waals surface area contributed by atoms with Gasteiger partial charge >= 0.3 is 0 Å². The van der Waals surface area contributed by atoms with Crippen molar-refractivity contribution < 1.29 is 14.4 Å². The topological polar surface area (TPSA) is 68.4 Å². The van der Waals surface area contributed by atoms with Crippen molar-refractivity contribution in [1.82, 2.24) is 10.1 Å². The van der Waals surface area contributed by atoms with Crippen LogP contribution in [0.5, 0.6) is 5.75 Å². The Morgan fingerprint density at radius 2 is 1.95 bits per heavy atom. The van der Waals surface area contributed by atoms with Gasteiger partial charge in [-0.3, -0.25) is 0 Å². The first-order chi connectivity index (χ1) is 10.7. The van der Waals surface area contributed by atoms with Gasteiger partial charge in [-0.2, -0.15) is 4.98 Å². The van der Waals surface area contributed by atoms with Crippen molar-refractivity contribution in [2.75, 3.05) is 0 Å². The molecule has 2 aromatic carbocycles. The molecule has 1 N–H and O–H groups in total. The van der Waals surface area contributed by atoms with E-state index >= 15 is 0 Å². The predicted molar refractivity (Wildman–Crippen MR) is 81.1 cm³/mol. The van der Waals surface area contributed by atoms with Crippen LogP contribution in [0.1, 0.15) is 24.5 Å². The fourth-order valence-corrected chi connectivity index (χ4v) is 2.03. The lowest BCUT2D eigenvalue weighted by atomic mass is 10.1. The molecule has 0 aliphatic carbocycles. The second-order valence-electron chi connectivity index (χ2n) is 4.91. The number of nitrogens with zero attached hydrogens (tertiary/aromatic N) is 2. The lowest BCUT2D eigenvalue weighted by Crippen LogP contribution is -1.97. The Balaban J connectivity index is 1.67. The van der Waals surface area contributed by atoms with E-state index in [1.165, 1.54) is 0 Å². The van der Waals surface area contributed by atoms with E-state index in [1.807, 2.05) is 48.5 Å². The molecule has 1 heterocycles. The van der Waals surface area contributed by atoms with Crippen molar-refractivity contribution in [1.29, 1.82) is 0 Å². The molecule has 1 atom stereocenters. The average Bonchev–Trinajstić information content (AvgIpc) is 3.03. The zero-order valence-electron chi connectivity index (χ0n) is 12.1. The normalized spacial score (nSPS) is 12.1. The van der Waals surface area contributed by atoms with Crippen molar-refractivity contribution >= 4 is 0 Å². The molecule has 0 amide bonds. The second-order valence-corrected chi connectivity index (χ2v) is 4.91. The summed E-state index contributed by atoms with van der Waals surface area (Å²) in [5.74, 6) is 1.59. The molecule has 22 heavy (non-hydrogen) atoms. The van der Waals surface area contributed by atoms with Gasteiger partial charge in [0.05, 0.1) is 6.10 Å². The highest BCUT2D eigenvalue weighted by Crippen LogP contribution is 2.20. The summed E-state index contributed by atoms with van der Waals surface area (Å²) < 4.78 is 10.8. The van der Waals surface area contributed by atoms with Crippen LogP contribution in [0, 0.1) is 0 Å². The molecule has 3 rings (SSSR count). The Morgan fingerprint density at radius 1 is 1.14 bits per heavy atom. The maximum atomic E-state index is 9.57. The van der Waals surface area contributed by atoms with Crippen LogP contribution in [-0.4, -0.2) is 15.2 Å². The van der Waals surface area contributed by atoms with Crippen molar-refractivity contribution in [2.45, 2.75) is 19.6 Å². The molecule has 0 bridgehead atoms. The maximum absolute atomic E-state index is 9.57. The molecule has 1 aromatic heterocycles. The minimum Gasteiger partial charge on any atom is -0.484 e. The Bertz CT molecular complexity index is 738. The van der Waals surface area contributed by atoms with Crippen LogP contribution in [0.3, 0.4) is 0 Å². The SMILES string of the molecule is CC(O)c1cccc(OCc2nc(-c3ccccc3)no2)c1. The van der Waals surface area contributed by atoms with E-state index in [0.717, 1.165) is 11.1 Å². The zero-order valence-corrected chi connectivity index (χ0v) is 12.1. The van der Waals surface area contributed by atoms with Gasteiger partial charge in [-0.05, 0) is 24.6 Å². The molecule has 0 saturated heterocycles. The maximum Gasteiger partial charge on any atom is 0.264 e. The van der Waals surface area contributed by atoms with E-state index in [9.17, 15) is 5.11 Å². The number of aliphatic hydroxyl groups excluding tert-OH is 1. The number of benzene rings is 2. The van der Waals surface area contributed by atoms with Crippen LogP contribution in [0.15, 0.2) is 59.1 Å². The first kappa shape index (κ1) is 14.3. The van der Waals surface area contributed by atoms with Gasteiger partial charge < -0.3 is 14.4 Å². The lowest BCUT2D eigenvalue weighted by molar-refractivity contribution is 0.197. The predicted octanol–water partition coefficient (Wildman–Crippen LogP) is 3.37. The highest BCUT2D eigenvalue weighted by atomic mass is 16.5. The summed E-state index contributed by atoms with van der Waals surface area (Å²) in [4.78, 5) is 4.30. The Kier molecular flexibility index (Phi) is 4.16. The molecule has 5 heteroatoms. The van der Waals surface area contributed by atoms with Gasteiger partial charge in [0.1, 0.15) is 5.75 Å². The number of ether oxygens (including phenoxy) is 1. The summed E-state index contributed by atoms with van der Waals surface area (Å²) in [5.41, 5.74) is 1.70. The minimum atomic E-state index is -0.531. The summed E-state index contributed by atoms with van der Waals surface area (Å²) >= 11 is 0. The summed E-state index contributed by atoms with van der Waals surface area (Å²) in [7, 11) is 0. The molecular formula is C17H16N2O3. The van der Waals surface area contributed by atoms with E-state index in [1.54, 1.807) is 13.0 Å². The largest absolute Gasteiger partial charge is 0.484 e. The average molecular weight is 296 g/mol. The molecule has 0 radical (unpaired) electrons. The first-order valence-electron chi connectivity index (χ1n) is 7.01. The molecule has 0 aliphatic rings. The number of aromatic nitrogens is 2.